The minimum atomic E-state index is -2.06. The van der Waals surface area contributed by atoms with E-state index in [0.29, 0.717) is 25.7 Å². The number of fused-ring (bicyclic) bond motifs is 7. The topological polar surface area (TPSA) is 270 Å². The van der Waals surface area contributed by atoms with Crippen molar-refractivity contribution in [3.8, 4) is 0 Å². The molecule has 4 saturated carbocycles. The minimum Gasteiger partial charge on any atom is -0.481 e. The molecule has 58 heavy (non-hydrogen) atoms. The van der Waals surface area contributed by atoms with Crippen molar-refractivity contribution in [1.29, 1.82) is 0 Å². The summed E-state index contributed by atoms with van der Waals surface area (Å²) < 4.78 is 23.4. The number of aliphatic hydroxyl groups excluding tert-OH is 6. The summed E-state index contributed by atoms with van der Waals surface area (Å²) in [6.07, 6.45) is -10.4. The van der Waals surface area contributed by atoms with Gasteiger partial charge in [0.2, 0.25) is 0 Å². The fourth-order valence-electron chi connectivity index (χ4n) is 13.6. The van der Waals surface area contributed by atoms with Gasteiger partial charge in [-0.1, -0.05) is 46.3 Å². The van der Waals surface area contributed by atoms with Crippen LogP contribution in [-0.4, -0.2) is 138 Å². The summed E-state index contributed by atoms with van der Waals surface area (Å²) in [5.74, 6) is -3.72. The van der Waals surface area contributed by atoms with Crippen LogP contribution in [0.4, 0.5) is 0 Å². The first-order valence-corrected chi connectivity index (χ1v) is 20.9. The average molecular weight is 825 g/mol. The van der Waals surface area contributed by atoms with E-state index in [1.807, 2.05) is 13.8 Å². The van der Waals surface area contributed by atoms with Gasteiger partial charge in [-0.15, -0.1) is 0 Å². The second-order valence-corrected chi connectivity index (χ2v) is 20.5. The lowest BCUT2D eigenvalue weighted by atomic mass is 9.33. The van der Waals surface area contributed by atoms with E-state index >= 15 is 0 Å². The van der Waals surface area contributed by atoms with Crippen LogP contribution in [-0.2, 0) is 33.3 Å². The largest absolute Gasteiger partial charge is 0.481 e. The molecular formula is C42H64O16. The summed E-state index contributed by atoms with van der Waals surface area (Å²) in [6, 6.07) is 0. The van der Waals surface area contributed by atoms with Crippen LogP contribution in [0.2, 0.25) is 0 Å². The highest BCUT2D eigenvalue weighted by molar-refractivity contribution is 5.75. The third kappa shape index (κ3) is 6.33. The second-order valence-electron chi connectivity index (χ2n) is 20.5. The van der Waals surface area contributed by atoms with Crippen LogP contribution in [0.3, 0.4) is 0 Å². The van der Waals surface area contributed by atoms with E-state index in [9.17, 15) is 60.3 Å². The third-order valence-corrected chi connectivity index (χ3v) is 17.6. The molecular weight excluding hydrogens is 760 g/mol. The minimum absolute atomic E-state index is 0.0434. The molecule has 20 atom stereocenters. The van der Waals surface area contributed by atoms with E-state index in [4.69, 9.17) is 18.9 Å². The molecule has 6 fully saturated rings. The first-order valence-electron chi connectivity index (χ1n) is 20.9. The molecule has 16 heteroatoms. The molecule has 2 aliphatic heterocycles. The number of hydrogen-bond acceptors (Lipinski definition) is 13. The molecule has 328 valence electrons. The monoisotopic (exact) mass is 824 g/mol. The Bertz CT molecular complexity index is 1670. The van der Waals surface area contributed by atoms with Crippen molar-refractivity contribution >= 4 is 17.9 Å². The molecule has 0 amide bonds. The van der Waals surface area contributed by atoms with Crippen molar-refractivity contribution in [2.24, 2.45) is 50.2 Å². The van der Waals surface area contributed by atoms with Gasteiger partial charge in [-0.05, 0) is 111 Å². The number of ether oxygens (including phenoxy) is 4. The van der Waals surface area contributed by atoms with E-state index < -0.39 is 96.3 Å². The van der Waals surface area contributed by atoms with E-state index in [1.165, 1.54) is 5.57 Å². The SMILES string of the molecule is CC1(C(=O)O)CCC2(C)CCC3(C)C(=CCC4C5(C)CCC(OC6OC(C(=O)O)C(O)C(O)C6OC6OC(C(=O)O)C(O)C(O)C6O)C(C)(CO)C5CCC43C)C2C1. The molecule has 7 rings (SSSR count). The van der Waals surface area contributed by atoms with Crippen LogP contribution in [0, 0.1) is 50.2 Å². The van der Waals surface area contributed by atoms with Gasteiger partial charge in [0.05, 0.1) is 18.1 Å². The average Bonchev–Trinajstić information content (AvgIpc) is 3.16. The number of carboxylic acid groups (broad SMARTS) is 3. The van der Waals surface area contributed by atoms with E-state index in [-0.39, 0.29) is 46.0 Å². The predicted octanol–water partition coefficient (Wildman–Crippen LogP) is 2.04. The van der Waals surface area contributed by atoms with Crippen LogP contribution in [0.15, 0.2) is 11.6 Å². The molecule has 0 aromatic heterocycles. The van der Waals surface area contributed by atoms with Gasteiger partial charge in [0.15, 0.2) is 24.8 Å². The number of carboxylic acids is 3. The molecule has 16 nitrogen and oxygen atoms in total. The fourth-order valence-corrected chi connectivity index (χ4v) is 13.6. The lowest BCUT2D eigenvalue weighted by Crippen LogP contribution is -2.68. The maximum Gasteiger partial charge on any atom is 0.335 e. The highest BCUT2D eigenvalue weighted by Gasteiger charge is 2.69. The highest BCUT2D eigenvalue weighted by Crippen LogP contribution is 2.76. The van der Waals surface area contributed by atoms with Gasteiger partial charge in [0.1, 0.15) is 36.6 Å². The quantitative estimate of drug-likeness (QED) is 0.125. The van der Waals surface area contributed by atoms with Crippen LogP contribution in [0.5, 0.6) is 0 Å². The smallest absolute Gasteiger partial charge is 0.335 e. The van der Waals surface area contributed by atoms with Crippen LogP contribution in [0.25, 0.3) is 0 Å². The Kier molecular flexibility index (Phi) is 11.1. The van der Waals surface area contributed by atoms with Crippen LogP contribution < -0.4 is 0 Å². The molecule has 0 radical (unpaired) electrons. The van der Waals surface area contributed by atoms with Gasteiger partial charge in [0.25, 0.3) is 0 Å². The van der Waals surface area contributed by atoms with Crippen molar-refractivity contribution in [3.63, 3.8) is 0 Å². The summed E-state index contributed by atoms with van der Waals surface area (Å²) >= 11 is 0. The Balaban J connectivity index is 1.17. The molecule has 5 aliphatic carbocycles. The van der Waals surface area contributed by atoms with Crippen molar-refractivity contribution in [2.75, 3.05) is 6.61 Å². The van der Waals surface area contributed by atoms with Crippen LogP contribution >= 0.6 is 0 Å². The normalized spacial score (nSPS) is 54.2. The molecule has 2 heterocycles. The summed E-state index contributed by atoms with van der Waals surface area (Å²) in [5.41, 5.74) is -0.824. The summed E-state index contributed by atoms with van der Waals surface area (Å²) in [6.45, 7) is 13.0. The molecule has 9 N–H and O–H groups in total. The van der Waals surface area contributed by atoms with Crippen molar-refractivity contribution in [2.45, 2.75) is 173 Å². The molecule has 0 bridgehead atoms. The standard InChI is InChI=1S/C42H64O16/c1-37-13-14-38(2,36(53)54)17-20(37)19-7-8-22-39(3)11-10-23(40(4,18-43)21(39)9-12-42(22,6)41(19,5)16-15-37)55-35-31(27(47)26(46)30(57-35)33(51)52)58-34-28(48)24(44)25(45)29(56-34)32(49)50/h7,20-31,34-35,43-48H,8-18H2,1-6H3,(H,49,50)(H,51,52)(H,53,54). The van der Waals surface area contributed by atoms with E-state index in [0.717, 1.165) is 38.5 Å². The van der Waals surface area contributed by atoms with E-state index in [1.54, 1.807) is 0 Å². The maximum atomic E-state index is 12.5. The van der Waals surface area contributed by atoms with E-state index in [2.05, 4.69) is 33.8 Å². The molecule has 0 aromatic carbocycles. The van der Waals surface area contributed by atoms with Gasteiger partial charge in [-0.3, -0.25) is 4.79 Å². The molecule has 2 saturated heterocycles. The zero-order valence-corrected chi connectivity index (χ0v) is 34.3. The van der Waals surface area contributed by atoms with Crippen molar-refractivity contribution < 1.29 is 79.3 Å². The van der Waals surface area contributed by atoms with Gasteiger partial charge in [0, 0.05) is 5.41 Å². The van der Waals surface area contributed by atoms with Gasteiger partial charge in [-0.2, -0.15) is 0 Å². The lowest BCUT2D eigenvalue weighted by Gasteiger charge is -2.71. The number of rotatable bonds is 8. The highest BCUT2D eigenvalue weighted by atomic mass is 16.8. The molecule has 7 aliphatic rings. The number of aliphatic hydroxyl groups is 6. The Labute approximate surface area is 338 Å². The van der Waals surface area contributed by atoms with Crippen molar-refractivity contribution in [1.82, 2.24) is 0 Å². The predicted molar refractivity (Wildman–Crippen MR) is 200 cm³/mol. The number of carbonyl (C=O) groups is 3. The maximum absolute atomic E-state index is 12.5. The number of allylic oxidation sites excluding steroid dienone is 2. The number of hydrogen-bond donors (Lipinski definition) is 9. The van der Waals surface area contributed by atoms with Crippen LogP contribution in [0.1, 0.15) is 106 Å². The first kappa shape index (κ1) is 43.8. The molecule has 20 unspecified atom stereocenters. The Morgan fingerprint density at radius 2 is 1.31 bits per heavy atom. The Morgan fingerprint density at radius 3 is 1.91 bits per heavy atom. The van der Waals surface area contributed by atoms with Crippen molar-refractivity contribution in [3.05, 3.63) is 11.6 Å². The summed E-state index contributed by atoms with van der Waals surface area (Å²) in [7, 11) is 0. The van der Waals surface area contributed by atoms with Gasteiger partial charge >= 0.3 is 17.9 Å². The first-order chi connectivity index (χ1) is 26.9. The second kappa shape index (κ2) is 14.7. The molecule has 0 aromatic rings. The Hall–Kier alpha value is -2.25. The van der Waals surface area contributed by atoms with Gasteiger partial charge < -0.3 is 64.9 Å². The summed E-state index contributed by atoms with van der Waals surface area (Å²) in [5, 5.41) is 94.4. The Morgan fingerprint density at radius 1 is 0.707 bits per heavy atom. The fraction of sp³-hybridized carbons (Fsp3) is 0.881. The number of aliphatic carboxylic acids is 3. The summed E-state index contributed by atoms with van der Waals surface area (Å²) in [4.78, 5) is 36.5. The zero-order valence-electron chi connectivity index (χ0n) is 34.3. The third-order valence-electron chi connectivity index (χ3n) is 17.6. The van der Waals surface area contributed by atoms with Gasteiger partial charge in [-0.25, -0.2) is 9.59 Å². The lowest BCUT2D eigenvalue weighted by molar-refractivity contribution is -0.372. The zero-order chi connectivity index (χ0) is 42.7. The molecule has 0 spiro atoms.